The first-order chi connectivity index (χ1) is 8.49. The maximum Gasteiger partial charge on any atom is 0.225 e. The van der Waals surface area contributed by atoms with Crippen molar-refractivity contribution in [3.63, 3.8) is 0 Å². The minimum absolute atomic E-state index is 0.113. The summed E-state index contributed by atoms with van der Waals surface area (Å²) in [6.45, 7) is 5.02. The first kappa shape index (κ1) is 13.8. The van der Waals surface area contributed by atoms with E-state index in [9.17, 15) is 4.79 Å². The quantitative estimate of drug-likeness (QED) is 0.810. The molecule has 0 aromatic rings. The molecule has 4 nitrogen and oxygen atoms in total. The lowest BCUT2D eigenvalue weighted by atomic mass is 9.79. The van der Waals surface area contributed by atoms with Gasteiger partial charge in [-0.3, -0.25) is 4.79 Å². The van der Waals surface area contributed by atoms with Gasteiger partial charge in [-0.15, -0.1) is 0 Å². The van der Waals surface area contributed by atoms with Crippen molar-refractivity contribution in [3.8, 4) is 0 Å². The van der Waals surface area contributed by atoms with E-state index in [1.807, 2.05) is 11.9 Å². The monoisotopic (exact) mass is 254 g/mol. The van der Waals surface area contributed by atoms with Gasteiger partial charge in [0.05, 0.1) is 12.1 Å². The summed E-state index contributed by atoms with van der Waals surface area (Å²) in [4.78, 5) is 14.4. The summed E-state index contributed by atoms with van der Waals surface area (Å²) in [5, 5.41) is 0. The third-order valence-electron chi connectivity index (χ3n) is 4.51. The zero-order chi connectivity index (χ0) is 13.3. The molecule has 1 heterocycles. The number of nitrogens with two attached hydrogens (primary N) is 1. The molecule has 1 aliphatic heterocycles. The third kappa shape index (κ3) is 2.86. The summed E-state index contributed by atoms with van der Waals surface area (Å²) in [6.07, 6.45) is 4.00. The minimum Gasteiger partial charge on any atom is -0.376 e. The zero-order valence-electron chi connectivity index (χ0n) is 11.8. The second-order valence-corrected chi connectivity index (χ2v) is 6.15. The molecular weight excluding hydrogens is 228 g/mol. The van der Waals surface area contributed by atoms with Crippen molar-refractivity contribution in [2.45, 2.75) is 57.7 Å². The van der Waals surface area contributed by atoms with Crippen LogP contribution in [-0.4, -0.2) is 42.6 Å². The second-order valence-electron chi connectivity index (χ2n) is 6.15. The average molecular weight is 254 g/mol. The van der Waals surface area contributed by atoms with Crippen LogP contribution in [0.15, 0.2) is 0 Å². The van der Waals surface area contributed by atoms with Gasteiger partial charge in [0, 0.05) is 25.6 Å². The zero-order valence-corrected chi connectivity index (χ0v) is 11.8. The molecule has 0 bridgehead atoms. The van der Waals surface area contributed by atoms with Gasteiger partial charge in [0.2, 0.25) is 5.91 Å². The predicted octanol–water partition coefficient (Wildman–Crippen LogP) is 1.39. The van der Waals surface area contributed by atoms with Crippen molar-refractivity contribution in [2.75, 3.05) is 13.7 Å². The number of rotatable bonds is 2. The highest BCUT2D eigenvalue weighted by atomic mass is 16.5. The van der Waals surface area contributed by atoms with Crippen molar-refractivity contribution in [1.29, 1.82) is 0 Å². The molecule has 1 amide bonds. The molecule has 18 heavy (non-hydrogen) atoms. The van der Waals surface area contributed by atoms with Crippen LogP contribution in [0, 0.1) is 11.8 Å². The van der Waals surface area contributed by atoms with E-state index in [4.69, 9.17) is 10.5 Å². The molecule has 104 valence electrons. The van der Waals surface area contributed by atoms with E-state index in [1.54, 1.807) is 0 Å². The van der Waals surface area contributed by atoms with E-state index < -0.39 is 0 Å². The van der Waals surface area contributed by atoms with Crippen molar-refractivity contribution in [1.82, 2.24) is 4.90 Å². The highest BCUT2D eigenvalue weighted by Gasteiger charge is 2.36. The topological polar surface area (TPSA) is 55.6 Å². The number of carbonyl (C=O) groups excluding carboxylic acids is 1. The molecule has 2 rings (SSSR count). The third-order valence-corrected chi connectivity index (χ3v) is 4.51. The van der Waals surface area contributed by atoms with Gasteiger partial charge < -0.3 is 15.4 Å². The first-order valence-electron chi connectivity index (χ1n) is 7.13. The van der Waals surface area contributed by atoms with Crippen LogP contribution in [0.3, 0.4) is 0 Å². The van der Waals surface area contributed by atoms with Gasteiger partial charge in [-0.05, 0) is 38.5 Å². The Balaban J connectivity index is 1.97. The fourth-order valence-corrected chi connectivity index (χ4v) is 3.54. The van der Waals surface area contributed by atoms with E-state index in [1.165, 1.54) is 0 Å². The van der Waals surface area contributed by atoms with Crippen LogP contribution in [0.4, 0.5) is 0 Å². The van der Waals surface area contributed by atoms with Gasteiger partial charge in [-0.1, -0.05) is 6.92 Å². The predicted molar refractivity (Wildman–Crippen MR) is 71.1 cm³/mol. The van der Waals surface area contributed by atoms with Crippen molar-refractivity contribution >= 4 is 5.91 Å². The first-order valence-corrected chi connectivity index (χ1v) is 7.13. The molecule has 2 aliphatic rings. The fraction of sp³-hybridized carbons (Fsp3) is 0.929. The summed E-state index contributed by atoms with van der Waals surface area (Å²) >= 11 is 0. The maximum atomic E-state index is 12.5. The van der Waals surface area contributed by atoms with Crippen LogP contribution in [0.2, 0.25) is 0 Å². The van der Waals surface area contributed by atoms with E-state index in [2.05, 4.69) is 13.8 Å². The number of likely N-dealkylation sites (N-methyl/N-ethyl adjacent to an activating group) is 1. The molecule has 4 heteroatoms. The molecule has 2 N–H and O–H groups in total. The van der Waals surface area contributed by atoms with Gasteiger partial charge in [0.1, 0.15) is 0 Å². The van der Waals surface area contributed by atoms with Gasteiger partial charge in [-0.25, -0.2) is 0 Å². The molecule has 1 saturated carbocycles. The Morgan fingerprint density at radius 2 is 2.00 bits per heavy atom. The molecule has 5 unspecified atom stereocenters. The number of ether oxygens (including phenoxy) is 1. The van der Waals surface area contributed by atoms with Crippen LogP contribution in [0.25, 0.3) is 0 Å². The van der Waals surface area contributed by atoms with Crippen molar-refractivity contribution in [3.05, 3.63) is 0 Å². The maximum absolute atomic E-state index is 12.5. The molecule has 0 spiro atoms. The molecule has 1 saturated heterocycles. The molecular formula is C14H26N2O2. The Hall–Kier alpha value is -0.610. The highest BCUT2D eigenvalue weighted by molar-refractivity contribution is 5.79. The summed E-state index contributed by atoms with van der Waals surface area (Å²) < 4.78 is 5.55. The Labute approximate surface area is 110 Å². The van der Waals surface area contributed by atoms with Crippen LogP contribution in [0.5, 0.6) is 0 Å². The Bertz CT molecular complexity index is 294. The van der Waals surface area contributed by atoms with Crippen LogP contribution >= 0.6 is 0 Å². The van der Waals surface area contributed by atoms with Gasteiger partial charge in [-0.2, -0.15) is 0 Å². The summed E-state index contributed by atoms with van der Waals surface area (Å²) in [7, 11) is 1.92. The number of hydrogen-bond acceptors (Lipinski definition) is 3. The summed E-state index contributed by atoms with van der Waals surface area (Å²) in [5.41, 5.74) is 6.04. The van der Waals surface area contributed by atoms with Crippen LogP contribution < -0.4 is 5.73 Å². The minimum atomic E-state index is 0.113. The molecule has 0 aromatic carbocycles. The van der Waals surface area contributed by atoms with E-state index in [-0.39, 0.29) is 30.0 Å². The van der Waals surface area contributed by atoms with Gasteiger partial charge in [0.15, 0.2) is 0 Å². The number of amides is 1. The van der Waals surface area contributed by atoms with E-state index in [0.29, 0.717) is 5.92 Å². The van der Waals surface area contributed by atoms with Crippen molar-refractivity contribution in [2.24, 2.45) is 17.6 Å². The molecule has 5 atom stereocenters. The van der Waals surface area contributed by atoms with Gasteiger partial charge >= 0.3 is 0 Å². The van der Waals surface area contributed by atoms with E-state index >= 15 is 0 Å². The molecule has 0 radical (unpaired) electrons. The summed E-state index contributed by atoms with van der Waals surface area (Å²) in [5.74, 6) is 0.939. The number of hydrogen-bond donors (Lipinski definition) is 1. The van der Waals surface area contributed by atoms with Crippen molar-refractivity contribution < 1.29 is 9.53 Å². The summed E-state index contributed by atoms with van der Waals surface area (Å²) in [6, 6.07) is 0.430. The molecule has 0 aromatic heterocycles. The average Bonchev–Trinajstić information content (AvgIpc) is 2.72. The Morgan fingerprint density at radius 1 is 1.28 bits per heavy atom. The lowest BCUT2D eigenvalue weighted by Crippen LogP contribution is -2.46. The SMILES string of the molecule is CC1CC(N)CC(C(=O)N(C)C2CCOC2C)C1. The lowest BCUT2D eigenvalue weighted by molar-refractivity contribution is -0.139. The van der Waals surface area contributed by atoms with Crippen LogP contribution in [-0.2, 0) is 9.53 Å². The Morgan fingerprint density at radius 3 is 2.56 bits per heavy atom. The molecule has 1 aliphatic carbocycles. The van der Waals surface area contributed by atoms with Gasteiger partial charge in [0.25, 0.3) is 0 Å². The molecule has 2 fully saturated rings. The highest BCUT2D eigenvalue weighted by Crippen LogP contribution is 2.30. The standard InChI is InChI=1S/C14H26N2O2/c1-9-6-11(8-12(15)7-9)14(17)16(3)13-4-5-18-10(13)2/h9-13H,4-8,15H2,1-3H3. The second kappa shape index (κ2) is 5.57. The van der Waals surface area contributed by atoms with Crippen LogP contribution in [0.1, 0.15) is 39.5 Å². The fourth-order valence-electron chi connectivity index (χ4n) is 3.54. The lowest BCUT2D eigenvalue weighted by Gasteiger charge is -2.35. The van der Waals surface area contributed by atoms with E-state index in [0.717, 1.165) is 32.3 Å². The number of carbonyl (C=O) groups is 1. The normalized spacial score (nSPS) is 40.8. The Kier molecular flexibility index (Phi) is 4.28. The number of nitrogens with zero attached hydrogens (tertiary/aromatic N) is 1. The largest absolute Gasteiger partial charge is 0.376 e. The smallest absolute Gasteiger partial charge is 0.225 e.